The maximum Gasteiger partial charge on any atom is 0.134 e. The molecule has 1 atom stereocenters. The zero-order chi connectivity index (χ0) is 14.7. The second-order valence-electron chi connectivity index (χ2n) is 4.74. The van der Waals surface area contributed by atoms with Crippen LogP contribution < -0.4 is 0 Å². The van der Waals surface area contributed by atoms with Gasteiger partial charge in [-0.25, -0.2) is 0 Å². The first-order valence-corrected chi connectivity index (χ1v) is 6.68. The van der Waals surface area contributed by atoms with Crippen LogP contribution >= 0.6 is 0 Å². The Bertz CT molecular complexity index is 763. The van der Waals surface area contributed by atoms with Crippen molar-refractivity contribution in [1.82, 2.24) is 0 Å². The predicted molar refractivity (Wildman–Crippen MR) is 81.7 cm³/mol. The average molecular weight is 281 g/mol. The topological polar surface area (TPSA) is 66.0 Å². The first-order valence-electron chi connectivity index (χ1n) is 6.68. The largest absolute Gasteiger partial charge is 0.507 e. The Balaban J connectivity index is 1.84. The number of furan rings is 1. The summed E-state index contributed by atoms with van der Waals surface area (Å²) in [5, 5.41) is 21.8. The molecule has 4 nitrogen and oxygen atoms in total. The van der Waals surface area contributed by atoms with E-state index >= 15 is 0 Å². The number of benzene rings is 2. The predicted octanol–water partition coefficient (Wildman–Crippen LogP) is 3.29. The first-order chi connectivity index (χ1) is 10.3. The molecule has 2 N–H and O–H groups in total. The number of aliphatic hydroxyl groups is 1. The lowest BCUT2D eigenvalue weighted by Gasteiger charge is -2.06. The van der Waals surface area contributed by atoms with Gasteiger partial charge in [-0.3, -0.25) is 4.99 Å². The average Bonchev–Trinajstić information content (AvgIpc) is 3.04. The summed E-state index contributed by atoms with van der Waals surface area (Å²) in [6.45, 7) is 0.177. The molecular weight excluding hydrogens is 266 g/mol. The summed E-state index contributed by atoms with van der Waals surface area (Å²) >= 11 is 0. The normalized spacial score (nSPS) is 13.0. The molecule has 0 aliphatic carbocycles. The minimum absolute atomic E-state index is 0.171. The number of aliphatic hydroxyl groups excluding tert-OH is 1. The van der Waals surface area contributed by atoms with E-state index in [1.54, 1.807) is 24.4 Å². The zero-order valence-corrected chi connectivity index (χ0v) is 11.3. The van der Waals surface area contributed by atoms with Gasteiger partial charge in [0.25, 0.3) is 0 Å². The molecule has 2 aromatic carbocycles. The van der Waals surface area contributed by atoms with Crippen molar-refractivity contribution in [1.29, 1.82) is 0 Å². The van der Waals surface area contributed by atoms with E-state index in [-0.39, 0.29) is 12.3 Å². The summed E-state index contributed by atoms with van der Waals surface area (Å²) in [4.78, 5) is 4.21. The van der Waals surface area contributed by atoms with Crippen LogP contribution in [0, 0.1) is 0 Å². The van der Waals surface area contributed by atoms with Crippen molar-refractivity contribution in [2.45, 2.75) is 6.10 Å². The number of hydrogen-bond donors (Lipinski definition) is 2. The summed E-state index contributed by atoms with van der Waals surface area (Å²) in [5.74, 6) is 0.652. The zero-order valence-electron chi connectivity index (χ0n) is 11.3. The molecule has 1 aromatic heterocycles. The van der Waals surface area contributed by atoms with Gasteiger partial charge < -0.3 is 14.6 Å². The van der Waals surface area contributed by atoms with Crippen LogP contribution in [-0.2, 0) is 0 Å². The highest BCUT2D eigenvalue weighted by atomic mass is 16.4. The fourth-order valence-corrected chi connectivity index (χ4v) is 2.23. The van der Waals surface area contributed by atoms with Gasteiger partial charge in [0.1, 0.15) is 17.6 Å². The van der Waals surface area contributed by atoms with Crippen molar-refractivity contribution in [2.75, 3.05) is 6.54 Å². The van der Waals surface area contributed by atoms with Crippen LogP contribution in [0.15, 0.2) is 64.2 Å². The van der Waals surface area contributed by atoms with Gasteiger partial charge >= 0.3 is 0 Å². The first kappa shape index (κ1) is 13.4. The Kier molecular flexibility index (Phi) is 3.71. The van der Waals surface area contributed by atoms with Crippen LogP contribution in [0.3, 0.4) is 0 Å². The Morgan fingerprint density at radius 3 is 2.76 bits per heavy atom. The summed E-state index contributed by atoms with van der Waals surface area (Å²) in [6.07, 6.45) is 2.32. The van der Waals surface area contributed by atoms with Crippen LogP contribution in [0.25, 0.3) is 10.8 Å². The monoisotopic (exact) mass is 281 g/mol. The van der Waals surface area contributed by atoms with Crippen molar-refractivity contribution < 1.29 is 14.6 Å². The van der Waals surface area contributed by atoms with Gasteiger partial charge in [0.15, 0.2) is 0 Å². The number of phenols is 1. The highest BCUT2D eigenvalue weighted by molar-refractivity contribution is 6.02. The number of rotatable bonds is 4. The van der Waals surface area contributed by atoms with Crippen LogP contribution in [0.4, 0.5) is 0 Å². The van der Waals surface area contributed by atoms with Crippen molar-refractivity contribution in [3.05, 3.63) is 66.1 Å². The molecule has 0 bridgehead atoms. The van der Waals surface area contributed by atoms with E-state index in [0.717, 1.165) is 10.8 Å². The third-order valence-corrected chi connectivity index (χ3v) is 3.32. The van der Waals surface area contributed by atoms with E-state index in [1.165, 1.54) is 6.26 Å². The SMILES string of the molecule is Oc1ccc2ccccc2c1C=NCC(O)c1ccco1. The van der Waals surface area contributed by atoms with Gasteiger partial charge in [0.2, 0.25) is 0 Å². The summed E-state index contributed by atoms with van der Waals surface area (Å²) in [7, 11) is 0. The van der Waals surface area contributed by atoms with E-state index < -0.39 is 6.10 Å². The highest BCUT2D eigenvalue weighted by Gasteiger charge is 2.09. The van der Waals surface area contributed by atoms with Crippen LogP contribution in [0.1, 0.15) is 17.4 Å². The number of phenolic OH excluding ortho intramolecular Hbond substituents is 1. The van der Waals surface area contributed by atoms with Crippen molar-refractivity contribution in [3.8, 4) is 5.75 Å². The molecule has 0 fully saturated rings. The molecule has 1 unspecified atom stereocenters. The highest BCUT2D eigenvalue weighted by Crippen LogP contribution is 2.25. The lowest BCUT2D eigenvalue weighted by molar-refractivity contribution is 0.159. The minimum atomic E-state index is -0.784. The van der Waals surface area contributed by atoms with E-state index in [1.807, 2.05) is 30.3 Å². The molecule has 0 aliphatic rings. The molecule has 1 heterocycles. The lowest BCUT2D eigenvalue weighted by atomic mass is 10.0. The van der Waals surface area contributed by atoms with Gasteiger partial charge in [0.05, 0.1) is 12.8 Å². The van der Waals surface area contributed by atoms with Crippen LogP contribution in [-0.4, -0.2) is 23.0 Å². The van der Waals surface area contributed by atoms with Gasteiger partial charge in [-0.05, 0) is 29.0 Å². The van der Waals surface area contributed by atoms with Crippen molar-refractivity contribution in [3.63, 3.8) is 0 Å². The van der Waals surface area contributed by atoms with Crippen LogP contribution in [0.2, 0.25) is 0 Å². The number of nitrogens with zero attached hydrogens (tertiary/aromatic N) is 1. The van der Waals surface area contributed by atoms with Gasteiger partial charge in [-0.1, -0.05) is 30.3 Å². The lowest BCUT2D eigenvalue weighted by Crippen LogP contribution is -2.00. The smallest absolute Gasteiger partial charge is 0.134 e. The van der Waals surface area contributed by atoms with Gasteiger partial charge in [-0.2, -0.15) is 0 Å². The number of fused-ring (bicyclic) bond motifs is 1. The molecule has 3 rings (SSSR count). The summed E-state index contributed by atoms with van der Waals surface area (Å²) in [6, 6.07) is 14.7. The number of aliphatic imine (C=N–C) groups is 1. The van der Waals surface area contributed by atoms with E-state index in [0.29, 0.717) is 11.3 Å². The second-order valence-corrected chi connectivity index (χ2v) is 4.74. The van der Waals surface area contributed by atoms with E-state index in [9.17, 15) is 10.2 Å². The molecule has 3 aromatic rings. The Morgan fingerprint density at radius 1 is 1.10 bits per heavy atom. The minimum Gasteiger partial charge on any atom is -0.507 e. The van der Waals surface area contributed by atoms with Crippen LogP contribution in [0.5, 0.6) is 5.75 Å². The van der Waals surface area contributed by atoms with E-state index in [2.05, 4.69) is 4.99 Å². The summed E-state index contributed by atoms with van der Waals surface area (Å²) < 4.78 is 5.12. The third-order valence-electron chi connectivity index (χ3n) is 3.32. The molecule has 0 aliphatic heterocycles. The molecule has 0 saturated heterocycles. The fourth-order valence-electron chi connectivity index (χ4n) is 2.23. The molecule has 0 spiro atoms. The quantitative estimate of drug-likeness (QED) is 0.721. The second kappa shape index (κ2) is 5.81. The fraction of sp³-hybridized carbons (Fsp3) is 0.118. The standard InChI is InChI=1S/C17H15NO3/c19-15-8-7-12-4-1-2-5-13(12)14(15)10-18-11-16(20)17-6-3-9-21-17/h1-10,16,19-20H,11H2. The number of hydrogen-bond acceptors (Lipinski definition) is 4. The van der Waals surface area contributed by atoms with Gasteiger partial charge in [-0.15, -0.1) is 0 Å². The molecule has 0 radical (unpaired) electrons. The van der Waals surface area contributed by atoms with Gasteiger partial charge in [0, 0.05) is 11.8 Å². The molecule has 0 amide bonds. The number of aromatic hydroxyl groups is 1. The maximum atomic E-state index is 9.99. The molecule has 21 heavy (non-hydrogen) atoms. The molecular formula is C17H15NO3. The Hall–Kier alpha value is -2.59. The summed E-state index contributed by atoms with van der Waals surface area (Å²) in [5.41, 5.74) is 0.653. The maximum absolute atomic E-state index is 9.99. The van der Waals surface area contributed by atoms with Crippen molar-refractivity contribution in [2.24, 2.45) is 4.99 Å². The van der Waals surface area contributed by atoms with Crippen molar-refractivity contribution >= 4 is 17.0 Å². The molecule has 106 valence electrons. The Morgan fingerprint density at radius 2 is 1.95 bits per heavy atom. The third kappa shape index (κ3) is 2.80. The molecule has 0 saturated carbocycles. The Labute approximate surface area is 122 Å². The van der Waals surface area contributed by atoms with E-state index in [4.69, 9.17) is 4.42 Å². The molecule has 4 heteroatoms.